The minimum Gasteiger partial charge on any atom is -0.456 e. The van der Waals surface area contributed by atoms with E-state index in [9.17, 15) is 9.59 Å². The van der Waals surface area contributed by atoms with Crippen molar-refractivity contribution < 1.29 is 13.9 Å². The molecule has 7 nitrogen and oxygen atoms in total. The number of nitrogens with zero attached hydrogens (tertiary/aromatic N) is 2. The summed E-state index contributed by atoms with van der Waals surface area (Å²) in [6, 6.07) is 10.5. The topological polar surface area (TPSA) is 88.4 Å². The molecular formula is C18H19N3O4. The molecule has 0 bridgehead atoms. The maximum absolute atomic E-state index is 12.7. The number of carbonyl (C=O) groups excluding carboxylic acids is 1. The zero-order valence-corrected chi connectivity index (χ0v) is 14.1. The third kappa shape index (κ3) is 3.77. The van der Waals surface area contributed by atoms with Crippen LogP contribution in [-0.4, -0.2) is 41.0 Å². The number of furan rings is 1. The minimum absolute atomic E-state index is 0.155. The zero-order valence-electron chi connectivity index (χ0n) is 14.1. The predicted molar refractivity (Wildman–Crippen MR) is 92.4 cm³/mol. The van der Waals surface area contributed by atoms with Gasteiger partial charge in [-0.15, -0.1) is 0 Å². The van der Waals surface area contributed by atoms with Crippen molar-refractivity contribution in [2.45, 2.75) is 13.5 Å². The van der Waals surface area contributed by atoms with Crippen LogP contribution in [0.2, 0.25) is 0 Å². The van der Waals surface area contributed by atoms with E-state index < -0.39 is 0 Å². The SMILES string of the molecule is COCCN(Cc1nc2ccccc2c(=O)[nH]1)C(=O)c1ccc(C)o1. The van der Waals surface area contributed by atoms with Gasteiger partial charge < -0.3 is 19.0 Å². The van der Waals surface area contributed by atoms with Crippen LogP contribution < -0.4 is 5.56 Å². The molecule has 0 radical (unpaired) electrons. The van der Waals surface area contributed by atoms with Crippen molar-refractivity contribution in [2.75, 3.05) is 20.3 Å². The van der Waals surface area contributed by atoms with Gasteiger partial charge in [0, 0.05) is 13.7 Å². The second kappa shape index (κ2) is 7.31. The van der Waals surface area contributed by atoms with E-state index in [1.807, 2.05) is 6.07 Å². The van der Waals surface area contributed by atoms with Gasteiger partial charge in [-0.25, -0.2) is 4.98 Å². The van der Waals surface area contributed by atoms with E-state index >= 15 is 0 Å². The van der Waals surface area contributed by atoms with Gasteiger partial charge in [0.1, 0.15) is 11.6 Å². The van der Waals surface area contributed by atoms with E-state index in [1.165, 1.54) is 4.90 Å². The first-order valence-electron chi connectivity index (χ1n) is 7.91. The number of fused-ring (bicyclic) bond motifs is 1. The Morgan fingerprint density at radius 1 is 1.28 bits per heavy atom. The van der Waals surface area contributed by atoms with Crippen molar-refractivity contribution in [3.63, 3.8) is 0 Å². The first-order valence-corrected chi connectivity index (χ1v) is 7.91. The number of aromatic amines is 1. The van der Waals surface area contributed by atoms with E-state index in [-0.39, 0.29) is 23.8 Å². The lowest BCUT2D eigenvalue weighted by atomic mass is 10.2. The second-order valence-electron chi connectivity index (χ2n) is 5.66. The maximum Gasteiger partial charge on any atom is 0.290 e. The van der Waals surface area contributed by atoms with Crippen molar-refractivity contribution in [2.24, 2.45) is 0 Å². The average Bonchev–Trinajstić information content (AvgIpc) is 3.04. The number of aryl methyl sites for hydroxylation is 1. The highest BCUT2D eigenvalue weighted by Gasteiger charge is 2.20. The molecule has 0 spiro atoms. The van der Waals surface area contributed by atoms with E-state index in [1.54, 1.807) is 44.4 Å². The Morgan fingerprint density at radius 2 is 2.08 bits per heavy atom. The standard InChI is InChI=1S/C18H19N3O4/c1-12-7-8-15(25-12)18(23)21(9-10-24-2)11-16-19-14-6-4-3-5-13(14)17(22)20-16/h3-8H,9-11H2,1-2H3,(H,19,20,22). The van der Waals surface area contributed by atoms with E-state index in [4.69, 9.17) is 9.15 Å². The number of rotatable bonds is 6. The predicted octanol–water partition coefficient (Wildman–Crippen LogP) is 2.11. The number of hydrogen-bond donors (Lipinski definition) is 1. The summed E-state index contributed by atoms with van der Waals surface area (Å²) in [7, 11) is 1.57. The van der Waals surface area contributed by atoms with E-state index in [2.05, 4.69) is 9.97 Å². The largest absolute Gasteiger partial charge is 0.456 e. The van der Waals surface area contributed by atoms with Crippen LogP contribution in [0.3, 0.4) is 0 Å². The van der Waals surface area contributed by atoms with Crippen molar-refractivity contribution in [3.05, 3.63) is 64.1 Å². The van der Waals surface area contributed by atoms with Crippen molar-refractivity contribution in [1.29, 1.82) is 0 Å². The van der Waals surface area contributed by atoms with Gasteiger partial charge >= 0.3 is 0 Å². The van der Waals surface area contributed by atoms with Gasteiger partial charge in [0.05, 0.1) is 24.1 Å². The third-order valence-electron chi connectivity index (χ3n) is 3.81. The smallest absolute Gasteiger partial charge is 0.290 e. The molecular weight excluding hydrogens is 322 g/mol. The lowest BCUT2D eigenvalue weighted by molar-refractivity contribution is 0.0643. The fourth-order valence-corrected chi connectivity index (χ4v) is 2.55. The Hall–Kier alpha value is -2.93. The van der Waals surface area contributed by atoms with Crippen LogP contribution in [-0.2, 0) is 11.3 Å². The molecule has 0 atom stereocenters. The molecule has 3 rings (SSSR count). The number of nitrogens with one attached hydrogen (secondary N) is 1. The molecule has 0 saturated heterocycles. The monoisotopic (exact) mass is 341 g/mol. The third-order valence-corrected chi connectivity index (χ3v) is 3.81. The number of H-pyrrole nitrogens is 1. The van der Waals surface area contributed by atoms with E-state index in [0.717, 1.165) is 0 Å². The number of benzene rings is 1. The van der Waals surface area contributed by atoms with Crippen LogP contribution in [0, 0.1) is 6.92 Å². The molecule has 0 saturated carbocycles. The van der Waals surface area contributed by atoms with Crippen LogP contribution in [0.5, 0.6) is 0 Å². The Bertz CT molecular complexity index is 945. The zero-order chi connectivity index (χ0) is 17.8. The lowest BCUT2D eigenvalue weighted by Gasteiger charge is -2.20. The molecule has 0 aliphatic heterocycles. The first-order chi connectivity index (χ1) is 12.1. The number of methoxy groups -OCH3 is 1. The second-order valence-corrected chi connectivity index (χ2v) is 5.66. The van der Waals surface area contributed by atoms with Crippen molar-refractivity contribution in [1.82, 2.24) is 14.9 Å². The Kier molecular flexibility index (Phi) is 4.95. The molecule has 130 valence electrons. The summed E-state index contributed by atoms with van der Waals surface area (Å²) in [5, 5.41) is 0.516. The van der Waals surface area contributed by atoms with Gasteiger partial charge in [-0.1, -0.05) is 12.1 Å². The molecule has 1 N–H and O–H groups in total. The highest BCUT2D eigenvalue weighted by atomic mass is 16.5. The lowest BCUT2D eigenvalue weighted by Crippen LogP contribution is -2.34. The fraction of sp³-hybridized carbons (Fsp3) is 0.278. The quantitative estimate of drug-likeness (QED) is 0.742. The van der Waals surface area contributed by atoms with Crippen molar-refractivity contribution in [3.8, 4) is 0 Å². The summed E-state index contributed by atoms with van der Waals surface area (Å²) in [5.41, 5.74) is 0.364. The van der Waals surface area contributed by atoms with Crippen molar-refractivity contribution >= 4 is 16.8 Å². The summed E-state index contributed by atoms with van der Waals surface area (Å²) in [6.07, 6.45) is 0. The number of amides is 1. The van der Waals surface area contributed by atoms with Gasteiger partial charge in [0.25, 0.3) is 11.5 Å². The summed E-state index contributed by atoms with van der Waals surface area (Å²) in [6.45, 7) is 2.65. The molecule has 1 aromatic carbocycles. The minimum atomic E-state index is -0.277. The Labute approximate surface area is 144 Å². The molecule has 25 heavy (non-hydrogen) atoms. The highest BCUT2D eigenvalue weighted by molar-refractivity contribution is 5.91. The maximum atomic E-state index is 12.7. The van der Waals surface area contributed by atoms with Gasteiger partial charge in [-0.3, -0.25) is 9.59 Å². The number of para-hydroxylation sites is 1. The van der Waals surface area contributed by atoms with Crippen LogP contribution in [0.25, 0.3) is 10.9 Å². The summed E-state index contributed by atoms with van der Waals surface area (Å²) in [5.74, 6) is 1.04. The van der Waals surface area contributed by atoms with Gasteiger partial charge in [0.2, 0.25) is 0 Å². The first kappa shape index (κ1) is 16.9. The summed E-state index contributed by atoms with van der Waals surface area (Å²) < 4.78 is 10.5. The van der Waals surface area contributed by atoms with Gasteiger partial charge in [-0.2, -0.15) is 0 Å². The van der Waals surface area contributed by atoms with Crippen LogP contribution in [0.15, 0.2) is 45.6 Å². The summed E-state index contributed by atoms with van der Waals surface area (Å²) >= 11 is 0. The molecule has 0 aliphatic carbocycles. The van der Waals surface area contributed by atoms with Crippen LogP contribution in [0.4, 0.5) is 0 Å². The van der Waals surface area contributed by atoms with E-state index in [0.29, 0.717) is 35.6 Å². The van der Waals surface area contributed by atoms with Crippen LogP contribution in [0.1, 0.15) is 22.1 Å². The Morgan fingerprint density at radius 3 is 2.80 bits per heavy atom. The van der Waals surface area contributed by atoms with Gasteiger partial charge in [-0.05, 0) is 31.2 Å². The number of hydrogen-bond acceptors (Lipinski definition) is 5. The fourth-order valence-electron chi connectivity index (χ4n) is 2.55. The molecule has 7 heteroatoms. The molecule has 2 aromatic heterocycles. The molecule has 0 fully saturated rings. The molecule has 2 heterocycles. The normalized spacial score (nSPS) is 11.0. The molecule has 0 aliphatic rings. The number of aromatic nitrogens is 2. The highest BCUT2D eigenvalue weighted by Crippen LogP contribution is 2.12. The molecule has 0 unspecified atom stereocenters. The molecule has 3 aromatic rings. The average molecular weight is 341 g/mol. The van der Waals surface area contributed by atoms with Gasteiger partial charge in [0.15, 0.2) is 5.76 Å². The molecule has 1 amide bonds. The number of ether oxygens (including phenoxy) is 1. The van der Waals surface area contributed by atoms with Crippen LogP contribution >= 0.6 is 0 Å². The summed E-state index contributed by atoms with van der Waals surface area (Å²) in [4.78, 5) is 33.6. The Balaban J connectivity index is 1.89. The number of carbonyl (C=O) groups is 1.